The molecule has 5 heteroatoms. The second-order valence-electron chi connectivity index (χ2n) is 4.64. The number of carbonyl (C=O) groups excluding carboxylic acids is 1. The van der Waals surface area contributed by atoms with Crippen LogP contribution in [0.3, 0.4) is 0 Å². The molecule has 0 fully saturated rings. The van der Waals surface area contributed by atoms with Gasteiger partial charge in [-0.15, -0.1) is 0 Å². The fraction of sp³-hybridized carbons (Fsp3) is 0.267. The maximum absolute atomic E-state index is 12.0. The summed E-state index contributed by atoms with van der Waals surface area (Å²) < 4.78 is 0. The average Bonchev–Trinajstić information content (AvgIpc) is 2.43. The Balaban J connectivity index is 2.45. The Morgan fingerprint density at radius 2 is 2.05 bits per heavy atom. The summed E-state index contributed by atoms with van der Waals surface area (Å²) in [5, 5.41) is 0.652. The summed E-state index contributed by atoms with van der Waals surface area (Å²) in [5.41, 5.74) is 3.55. The van der Waals surface area contributed by atoms with E-state index in [0.29, 0.717) is 11.6 Å². The van der Waals surface area contributed by atoms with E-state index in [0.717, 1.165) is 22.5 Å². The van der Waals surface area contributed by atoms with Gasteiger partial charge in [-0.2, -0.15) is 0 Å². The first-order valence-electron chi connectivity index (χ1n) is 6.29. The van der Waals surface area contributed by atoms with Gasteiger partial charge in [0.25, 0.3) is 0 Å². The lowest BCUT2D eigenvalue weighted by Gasteiger charge is -2.25. The maximum Gasteiger partial charge on any atom is 0.224 e. The van der Waals surface area contributed by atoms with Crippen molar-refractivity contribution in [2.75, 3.05) is 4.90 Å². The highest BCUT2D eigenvalue weighted by Crippen LogP contribution is 2.31. The predicted octanol–water partition coefficient (Wildman–Crippen LogP) is 3.30. The van der Waals surface area contributed by atoms with Gasteiger partial charge in [-0.3, -0.25) is 4.79 Å². The molecule has 0 N–H and O–H groups in total. The minimum Gasteiger partial charge on any atom is -0.306 e. The van der Waals surface area contributed by atoms with Gasteiger partial charge in [0.15, 0.2) is 0 Å². The Morgan fingerprint density at radius 1 is 1.30 bits per heavy atom. The molecule has 0 aliphatic heterocycles. The summed E-state index contributed by atoms with van der Waals surface area (Å²) in [4.78, 5) is 21.8. The summed E-state index contributed by atoms with van der Waals surface area (Å²) in [6, 6.07) is 5.56. The highest BCUT2D eigenvalue weighted by molar-refractivity contribution is 6.31. The highest BCUT2D eigenvalue weighted by atomic mass is 35.5. The topological polar surface area (TPSA) is 46.1 Å². The second-order valence-corrected chi connectivity index (χ2v) is 5.05. The monoisotopic (exact) mass is 289 g/mol. The largest absolute Gasteiger partial charge is 0.306 e. The van der Waals surface area contributed by atoms with Crippen LogP contribution in [0.2, 0.25) is 5.02 Å². The molecule has 0 unspecified atom stereocenters. The Morgan fingerprint density at radius 3 is 2.65 bits per heavy atom. The van der Waals surface area contributed by atoms with Crippen LogP contribution in [0, 0.1) is 13.8 Å². The van der Waals surface area contributed by atoms with Crippen molar-refractivity contribution in [2.24, 2.45) is 0 Å². The number of benzene rings is 1. The summed E-state index contributed by atoms with van der Waals surface area (Å²) >= 11 is 6.17. The molecular formula is C15H16ClN3O. The number of aryl methyl sites for hydroxylation is 1. The first-order valence-corrected chi connectivity index (χ1v) is 6.67. The van der Waals surface area contributed by atoms with Crippen LogP contribution in [-0.4, -0.2) is 15.9 Å². The number of hydrogen-bond donors (Lipinski definition) is 0. The van der Waals surface area contributed by atoms with Gasteiger partial charge < -0.3 is 4.90 Å². The van der Waals surface area contributed by atoms with Crippen LogP contribution in [-0.2, 0) is 11.3 Å². The predicted molar refractivity (Wildman–Crippen MR) is 79.8 cm³/mol. The van der Waals surface area contributed by atoms with E-state index in [4.69, 9.17) is 11.6 Å². The number of nitrogens with zero attached hydrogens (tertiary/aromatic N) is 3. The van der Waals surface area contributed by atoms with Crippen LogP contribution >= 0.6 is 11.6 Å². The Bertz CT molecular complexity index is 629. The molecule has 0 aliphatic rings. The van der Waals surface area contributed by atoms with E-state index in [-0.39, 0.29) is 5.91 Å². The Hall–Kier alpha value is -1.94. The molecule has 2 aromatic rings. The molecule has 104 valence electrons. The van der Waals surface area contributed by atoms with Gasteiger partial charge in [-0.1, -0.05) is 17.7 Å². The lowest BCUT2D eigenvalue weighted by Crippen LogP contribution is -2.29. The Kier molecular flexibility index (Phi) is 4.35. The SMILES string of the molecule is CC(=O)N(Cc1ccncn1)c1c(C)ccc(Cl)c1C. The molecule has 0 spiro atoms. The molecule has 0 bridgehead atoms. The van der Waals surface area contributed by atoms with Crippen molar-refractivity contribution >= 4 is 23.2 Å². The van der Waals surface area contributed by atoms with E-state index in [2.05, 4.69) is 9.97 Å². The van der Waals surface area contributed by atoms with Crippen LogP contribution in [0.5, 0.6) is 0 Å². The van der Waals surface area contributed by atoms with Crippen LogP contribution in [0.1, 0.15) is 23.7 Å². The number of rotatable bonds is 3. The summed E-state index contributed by atoms with van der Waals surface area (Å²) in [6.07, 6.45) is 3.14. The van der Waals surface area contributed by atoms with Crippen molar-refractivity contribution in [3.8, 4) is 0 Å². The number of carbonyl (C=O) groups is 1. The van der Waals surface area contributed by atoms with E-state index in [1.165, 1.54) is 6.33 Å². The molecule has 1 amide bonds. The van der Waals surface area contributed by atoms with Gasteiger partial charge >= 0.3 is 0 Å². The van der Waals surface area contributed by atoms with Crippen molar-refractivity contribution in [3.05, 3.63) is 52.6 Å². The third-order valence-corrected chi connectivity index (χ3v) is 3.59. The number of amides is 1. The van der Waals surface area contributed by atoms with E-state index >= 15 is 0 Å². The number of aromatic nitrogens is 2. The maximum atomic E-state index is 12.0. The number of anilines is 1. The zero-order valence-corrected chi connectivity index (χ0v) is 12.5. The van der Waals surface area contributed by atoms with Crippen LogP contribution < -0.4 is 4.90 Å². The van der Waals surface area contributed by atoms with Crippen molar-refractivity contribution < 1.29 is 4.79 Å². The lowest BCUT2D eigenvalue weighted by atomic mass is 10.1. The van der Waals surface area contributed by atoms with Gasteiger partial charge in [0.2, 0.25) is 5.91 Å². The fourth-order valence-electron chi connectivity index (χ4n) is 2.15. The molecule has 1 aromatic carbocycles. The highest BCUT2D eigenvalue weighted by Gasteiger charge is 2.18. The lowest BCUT2D eigenvalue weighted by molar-refractivity contribution is -0.116. The third-order valence-electron chi connectivity index (χ3n) is 3.18. The minimum atomic E-state index is -0.0444. The van der Waals surface area contributed by atoms with Crippen molar-refractivity contribution in [2.45, 2.75) is 27.3 Å². The second kappa shape index (κ2) is 6.01. The summed E-state index contributed by atoms with van der Waals surface area (Å²) in [5.74, 6) is -0.0444. The molecule has 20 heavy (non-hydrogen) atoms. The van der Waals surface area contributed by atoms with Crippen LogP contribution in [0.15, 0.2) is 30.7 Å². The van der Waals surface area contributed by atoms with Gasteiger partial charge in [0.1, 0.15) is 6.33 Å². The Labute approximate surface area is 123 Å². The van der Waals surface area contributed by atoms with E-state index in [9.17, 15) is 4.79 Å². The quantitative estimate of drug-likeness (QED) is 0.871. The van der Waals surface area contributed by atoms with Crippen LogP contribution in [0.4, 0.5) is 5.69 Å². The smallest absolute Gasteiger partial charge is 0.224 e. The van der Waals surface area contributed by atoms with Gasteiger partial charge in [0, 0.05) is 18.1 Å². The first kappa shape index (κ1) is 14.5. The van der Waals surface area contributed by atoms with E-state index < -0.39 is 0 Å². The average molecular weight is 290 g/mol. The van der Waals surface area contributed by atoms with Crippen LogP contribution in [0.25, 0.3) is 0 Å². The zero-order valence-electron chi connectivity index (χ0n) is 11.7. The fourth-order valence-corrected chi connectivity index (χ4v) is 2.30. The summed E-state index contributed by atoms with van der Waals surface area (Å²) in [6.45, 7) is 5.83. The van der Waals surface area contributed by atoms with Gasteiger partial charge in [-0.25, -0.2) is 9.97 Å². The summed E-state index contributed by atoms with van der Waals surface area (Å²) in [7, 11) is 0. The first-order chi connectivity index (χ1) is 9.50. The van der Waals surface area contributed by atoms with E-state index in [1.807, 2.05) is 26.0 Å². The molecule has 1 aromatic heterocycles. The molecule has 0 saturated heterocycles. The molecule has 0 saturated carbocycles. The van der Waals surface area contributed by atoms with Gasteiger partial charge in [-0.05, 0) is 37.1 Å². The van der Waals surface area contributed by atoms with Crippen molar-refractivity contribution in [1.82, 2.24) is 9.97 Å². The molecule has 1 heterocycles. The standard InChI is InChI=1S/C15H16ClN3O/c1-10-4-5-14(16)11(2)15(10)19(12(3)20)8-13-6-7-17-9-18-13/h4-7,9H,8H2,1-3H3. The molecule has 0 aliphatic carbocycles. The molecular weight excluding hydrogens is 274 g/mol. The number of halogens is 1. The molecule has 4 nitrogen and oxygen atoms in total. The van der Waals surface area contributed by atoms with E-state index in [1.54, 1.807) is 24.1 Å². The minimum absolute atomic E-state index is 0.0444. The van der Waals surface area contributed by atoms with Gasteiger partial charge in [0.05, 0.1) is 17.9 Å². The molecule has 0 atom stereocenters. The zero-order chi connectivity index (χ0) is 14.7. The van der Waals surface area contributed by atoms with Crippen molar-refractivity contribution in [3.63, 3.8) is 0 Å². The molecule has 0 radical (unpaired) electrons. The number of hydrogen-bond acceptors (Lipinski definition) is 3. The van der Waals surface area contributed by atoms with Crippen molar-refractivity contribution in [1.29, 1.82) is 0 Å². The third kappa shape index (κ3) is 2.96. The normalized spacial score (nSPS) is 10.4. The molecule has 2 rings (SSSR count).